The number of carbonyl (C=O) groups is 1. The molecule has 4 rings (SSSR count). The lowest BCUT2D eigenvalue weighted by atomic mass is 10.1. The van der Waals surface area contributed by atoms with Crippen LogP contribution in [0.2, 0.25) is 0 Å². The predicted molar refractivity (Wildman–Crippen MR) is 91.1 cm³/mol. The van der Waals surface area contributed by atoms with Gasteiger partial charge >= 0.3 is 5.97 Å². The molecule has 0 aliphatic heterocycles. The second kappa shape index (κ2) is 5.38. The summed E-state index contributed by atoms with van der Waals surface area (Å²) in [7, 11) is 0. The van der Waals surface area contributed by atoms with Crippen molar-refractivity contribution in [3.8, 4) is 11.3 Å². The van der Waals surface area contributed by atoms with Gasteiger partial charge in [-0.25, -0.2) is 0 Å². The zero-order valence-corrected chi connectivity index (χ0v) is 12.6. The van der Waals surface area contributed by atoms with Crippen molar-refractivity contribution >= 4 is 27.9 Å². The van der Waals surface area contributed by atoms with Gasteiger partial charge in [-0.3, -0.25) is 9.59 Å². The van der Waals surface area contributed by atoms with Crippen LogP contribution in [-0.4, -0.2) is 16.1 Å². The van der Waals surface area contributed by atoms with Gasteiger partial charge in [-0.15, -0.1) is 0 Å². The van der Waals surface area contributed by atoms with Crippen molar-refractivity contribution in [1.82, 2.24) is 4.98 Å². The van der Waals surface area contributed by atoms with E-state index in [4.69, 9.17) is 9.52 Å². The summed E-state index contributed by atoms with van der Waals surface area (Å²) in [6, 6.07) is 16.3. The number of aromatic amines is 1. The molecule has 24 heavy (non-hydrogen) atoms. The number of hydrogen-bond donors (Lipinski definition) is 2. The van der Waals surface area contributed by atoms with E-state index in [0.29, 0.717) is 33.3 Å². The number of carboxylic acid groups (broad SMARTS) is 1. The van der Waals surface area contributed by atoms with Gasteiger partial charge in [-0.2, -0.15) is 0 Å². The van der Waals surface area contributed by atoms with E-state index in [2.05, 4.69) is 4.98 Å². The fourth-order valence-electron chi connectivity index (χ4n) is 2.95. The molecule has 0 atom stereocenters. The molecule has 0 aliphatic rings. The maximum atomic E-state index is 13.0. The Balaban J connectivity index is 2.14. The Morgan fingerprint density at radius 3 is 2.50 bits per heavy atom. The van der Waals surface area contributed by atoms with Crippen LogP contribution in [0.5, 0.6) is 0 Å². The molecule has 0 amide bonds. The summed E-state index contributed by atoms with van der Waals surface area (Å²) in [6.45, 7) is 0. The van der Waals surface area contributed by atoms with Gasteiger partial charge in [0.15, 0.2) is 5.58 Å². The highest BCUT2D eigenvalue weighted by Crippen LogP contribution is 2.31. The first kappa shape index (κ1) is 14.3. The van der Waals surface area contributed by atoms with Gasteiger partial charge in [0.1, 0.15) is 5.58 Å². The number of carboxylic acids is 1. The van der Waals surface area contributed by atoms with Crippen molar-refractivity contribution in [2.24, 2.45) is 0 Å². The molecule has 0 spiro atoms. The summed E-state index contributed by atoms with van der Waals surface area (Å²) in [5.41, 5.74) is 2.36. The zero-order chi connectivity index (χ0) is 16.7. The summed E-state index contributed by atoms with van der Waals surface area (Å²) in [6.07, 6.45) is -0.245. The van der Waals surface area contributed by atoms with Crippen LogP contribution in [0.3, 0.4) is 0 Å². The van der Waals surface area contributed by atoms with Crippen molar-refractivity contribution in [3.05, 3.63) is 70.5 Å². The number of H-pyrrole nitrogens is 1. The minimum absolute atomic E-state index is 0.168. The summed E-state index contributed by atoms with van der Waals surface area (Å²) in [4.78, 5) is 27.2. The second-order valence-electron chi connectivity index (χ2n) is 5.55. The minimum atomic E-state index is -0.992. The molecule has 0 radical (unpaired) electrons. The normalized spacial score (nSPS) is 11.2. The van der Waals surface area contributed by atoms with Gasteiger partial charge in [-0.1, -0.05) is 42.5 Å². The van der Waals surface area contributed by atoms with Gasteiger partial charge < -0.3 is 14.5 Å². The molecular weight excluding hydrogens is 306 g/mol. The lowest BCUT2D eigenvalue weighted by Crippen LogP contribution is -2.03. The monoisotopic (exact) mass is 319 g/mol. The fraction of sp³-hybridized carbons (Fsp3) is 0.0526. The van der Waals surface area contributed by atoms with E-state index >= 15 is 0 Å². The van der Waals surface area contributed by atoms with Crippen LogP contribution in [0.4, 0.5) is 0 Å². The van der Waals surface area contributed by atoms with Gasteiger partial charge in [0.05, 0.1) is 28.6 Å². The van der Waals surface area contributed by atoms with Crippen LogP contribution in [0.1, 0.15) is 5.69 Å². The Morgan fingerprint density at radius 2 is 1.75 bits per heavy atom. The molecule has 4 aromatic rings. The van der Waals surface area contributed by atoms with Crippen molar-refractivity contribution in [2.45, 2.75) is 6.42 Å². The summed E-state index contributed by atoms with van der Waals surface area (Å²) in [5.74, 6) is -0.992. The number of benzene rings is 2. The molecule has 0 bridgehead atoms. The van der Waals surface area contributed by atoms with Crippen molar-refractivity contribution in [2.75, 3.05) is 0 Å². The SMILES string of the molecule is O=C(O)Cc1[nH]c(-c2ccccc2)c2c(=O)c3ccccc3oc12. The second-order valence-corrected chi connectivity index (χ2v) is 5.55. The lowest BCUT2D eigenvalue weighted by molar-refractivity contribution is -0.136. The molecular formula is C19H13NO4. The smallest absolute Gasteiger partial charge is 0.309 e. The van der Waals surface area contributed by atoms with Crippen LogP contribution in [0.25, 0.3) is 33.2 Å². The van der Waals surface area contributed by atoms with Gasteiger partial charge in [0, 0.05) is 0 Å². The fourth-order valence-corrected chi connectivity index (χ4v) is 2.95. The number of nitrogens with one attached hydrogen (secondary N) is 1. The minimum Gasteiger partial charge on any atom is -0.481 e. The zero-order valence-electron chi connectivity index (χ0n) is 12.6. The quantitative estimate of drug-likeness (QED) is 0.604. The number of aliphatic carboxylic acids is 1. The van der Waals surface area contributed by atoms with Crippen LogP contribution in [0.15, 0.2) is 63.8 Å². The molecule has 0 fully saturated rings. The lowest BCUT2D eigenvalue weighted by Gasteiger charge is -2.00. The maximum Gasteiger partial charge on any atom is 0.309 e. The topological polar surface area (TPSA) is 83.3 Å². The van der Waals surface area contributed by atoms with Crippen molar-refractivity contribution < 1.29 is 14.3 Å². The Hall–Kier alpha value is -3.34. The molecule has 5 nitrogen and oxygen atoms in total. The number of rotatable bonds is 3. The van der Waals surface area contributed by atoms with E-state index in [1.54, 1.807) is 24.3 Å². The maximum absolute atomic E-state index is 13.0. The van der Waals surface area contributed by atoms with Crippen molar-refractivity contribution in [1.29, 1.82) is 0 Å². The van der Waals surface area contributed by atoms with E-state index in [9.17, 15) is 9.59 Å². The molecule has 2 aromatic heterocycles. The summed E-state index contributed by atoms with van der Waals surface area (Å²) < 4.78 is 5.87. The Labute approximate surface area is 136 Å². The standard InChI is InChI=1S/C19H13NO4/c21-15(22)10-13-19-16(17(20-13)11-6-2-1-3-7-11)18(23)12-8-4-5-9-14(12)24-19/h1-9,20H,10H2,(H,21,22). The molecule has 0 unspecified atom stereocenters. The van der Waals surface area contributed by atoms with E-state index < -0.39 is 5.97 Å². The average Bonchev–Trinajstić information content (AvgIpc) is 2.94. The third kappa shape index (κ3) is 2.18. The van der Waals surface area contributed by atoms with Crippen LogP contribution in [0, 0.1) is 0 Å². The first-order valence-electron chi connectivity index (χ1n) is 7.49. The van der Waals surface area contributed by atoms with E-state index in [-0.39, 0.29) is 11.8 Å². The van der Waals surface area contributed by atoms with Gasteiger partial charge in [0.25, 0.3) is 0 Å². The first-order chi connectivity index (χ1) is 11.6. The molecule has 2 N–H and O–H groups in total. The molecule has 0 aliphatic carbocycles. The number of aromatic nitrogens is 1. The average molecular weight is 319 g/mol. The molecule has 118 valence electrons. The number of para-hydroxylation sites is 1. The largest absolute Gasteiger partial charge is 0.481 e. The molecule has 0 saturated heterocycles. The van der Waals surface area contributed by atoms with Crippen LogP contribution >= 0.6 is 0 Å². The van der Waals surface area contributed by atoms with Crippen molar-refractivity contribution in [3.63, 3.8) is 0 Å². The summed E-state index contributed by atoms with van der Waals surface area (Å²) in [5, 5.41) is 10.0. The van der Waals surface area contributed by atoms with Crippen LogP contribution < -0.4 is 5.43 Å². The first-order valence-corrected chi connectivity index (χ1v) is 7.49. The Morgan fingerprint density at radius 1 is 1.04 bits per heavy atom. The molecule has 2 heterocycles. The highest BCUT2D eigenvalue weighted by atomic mass is 16.4. The number of fused-ring (bicyclic) bond motifs is 2. The summed E-state index contributed by atoms with van der Waals surface area (Å²) >= 11 is 0. The Bertz CT molecular complexity index is 1120. The third-order valence-electron chi connectivity index (χ3n) is 3.99. The van der Waals surface area contributed by atoms with Gasteiger partial charge in [0.2, 0.25) is 5.43 Å². The van der Waals surface area contributed by atoms with E-state index in [0.717, 1.165) is 5.56 Å². The van der Waals surface area contributed by atoms with Gasteiger partial charge in [-0.05, 0) is 17.7 Å². The predicted octanol–water partition coefficient (Wildman–Crippen LogP) is 3.57. The van der Waals surface area contributed by atoms with E-state index in [1.807, 2.05) is 30.3 Å². The number of hydrogen-bond acceptors (Lipinski definition) is 3. The van der Waals surface area contributed by atoms with E-state index in [1.165, 1.54) is 0 Å². The molecule has 5 heteroatoms. The third-order valence-corrected chi connectivity index (χ3v) is 3.99. The highest BCUT2D eigenvalue weighted by Gasteiger charge is 2.20. The molecule has 0 saturated carbocycles. The Kier molecular flexibility index (Phi) is 3.20. The van der Waals surface area contributed by atoms with Crippen LogP contribution in [-0.2, 0) is 11.2 Å². The molecule has 2 aromatic carbocycles. The highest BCUT2D eigenvalue weighted by molar-refractivity contribution is 6.00.